The summed E-state index contributed by atoms with van der Waals surface area (Å²) >= 11 is 0. The third-order valence-electron chi connectivity index (χ3n) is 10.2. The summed E-state index contributed by atoms with van der Waals surface area (Å²) in [6, 6.07) is 66.2. The lowest BCUT2D eigenvalue weighted by Crippen LogP contribution is -2.11. The van der Waals surface area contributed by atoms with E-state index in [4.69, 9.17) is 4.74 Å². The van der Waals surface area contributed by atoms with Crippen LogP contribution in [0.2, 0.25) is 0 Å². The lowest BCUT2D eigenvalue weighted by atomic mass is 9.87. The van der Waals surface area contributed by atoms with Gasteiger partial charge in [0, 0.05) is 34.1 Å². The summed E-state index contributed by atoms with van der Waals surface area (Å²) in [6.07, 6.45) is 0. The van der Waals surface area contributed by atoms with E-state index >= 15 is 0 Å². The number of phenolic OH excluding ortho intramolecular Hbond substituents is 1. The topological polar surface area (TPSA) is 70.1 Å². The average molecular weight is 793 g/mol. The van der Waals surface area contributed by atoms with Gasteiger partial charge in [-0.2, -0.15) is 0 Å². The van der Waals surface area contributed by atoms with Crippen molar-refractivity contribution in [3.8, 4) is 28.4 Å². The van der Waals surface area contributed by atoms with Gasteiger partial charge in [-0.3, -0.25) is 0 Å². The van der Waals surface area contributed by atoms with Gasteiger partial charge in [0.25, 0.3) is 0 Å². The highest BCUT2D eigenvalue weighted by molar-refractivity contribution is 7.91. The Bertz CT molecular complexity index is 2730. The largest absolute Gasteiger partial charge is 0.508 e. The highest BCUT2D eigenvalue weighted by Crippen LogP contribution is 2.39. The summed E-state index contributed by atoms with van der Waals surface area (Å²) in [5.74, 6) is 1.40. The number of hydrogen-bond donors (Lipinski definition) is 1. The Hall–Kier alpha value is -7.09. The number of nitrogens with zero attached hydrogens (tertiary/aromatic N) is 2. The van der Waals surface area contributed by atoms with E-state index in [0.29, 0.717) is 11.5 Å². The van der Waals surface area contributed by atoms with Crippen molar-refractivity contribution in [1.29, 1.82) is 0 Å². The standard InChI is InChI=1S/C52H44N2O4S/c1-52(2,3)40-18-34-50(35-19-40)59(56,57)51-36-32-49(33-37-51)58-48-30-26-46(27-31-48)54(42-12-8-5-9-13-42)44-22-16-39(17-23-44)38-14-20-43(21-15-38)53(41-10-6-4-7-11-41)45-24-28-47(55)29-25-45/h4-37,55H,1-3H3. The molecule has 0 aliphatic carbocycles. The molecule has 0 bridgehead atoms. The van der Waals surface area contributed by atoms with Crippen LogP contribution < -0.4 is 14.5 Å². The normalized spacial score (nSPS) is 11.5. The van der Waals surface area contributed by atoms with Crippen molar-refractivity contribution in [2.24, 2.45) is 0 Å². The molecular formula is C52H44N2O4S. The van der Waals surface area contributed by atoms with E-state index in [9.17, 15) is 13.5 Å². The zero-order chi connectivity index (χ0) is 41.0. The molecule has 1 N–H and O–H groups in total. The Balaban J connectivity index is 0.994. The van der Waals surface area contributed by atoms with Gasteiger partial charge in [0.2, 0.25) is 9.84 Å². The molecule has 0 aliphatic rings. The number of sulfone groups is 1. The Morgan fingerprint density at radius 1 is 0.407 bits per heavy atom. The van der Waals surface area contributed by atoms with Crippen molar-refractivity contribution in [3.63, 3.8) is 0 Å². The van der Waals surface area contributed by atoms with E-state index in [1.165, 1.54) is 0 Å². The molecule has 8 aromatic carbocycles. The first-order valence-electron chi connectivity index (χ1n) is 19.5. The third-order valence-corrected chi connectivity index (χ3v) is 12.0. The number of anilines is 6. The molecule has 0 amide bonds. The fraction of sp³-hybridized carbons (Fsp3) is 0.0769. The van der Waals surface area contributed by atoms with Gasteiger partial charge in [-0.25, -0.2) is 8.42 Å². The Morgan fingerprint density at radius 2 is 0.729 bits per heavy atom. The van der Waals surface area contributed by atoms with Crippen LogP contribution in [0.4, 0.5) is 34.1 Å². The molecule has 8 aromatic rings. The van der Waals surface area contributed by atoms with Crippen molar-refractivity contribution >= 4 is 44.0 Å². The second kappa shape index (κ2) is 16.4. The van der Waals surface area contributed by atoms with Gasteiger partial charge in [0.1, 0.15) is 17.2 Å². The molecular weight excluding hydrogens is 749 g/mol. The van der Waals surface area contributed by atoms with Gasteiger partial charge in [-0.05, 0) is 156 Å². The summed E-state index contributed by atoms with van der Waals surface area (Å²) in [4.78, 5) is 4.84. The van der Waals surface area contributed by atoms with E-state index in [1.54, 1.807) is 48.5 Å². The van der Waals surface area contributed by atoms with Crippen LogP contribution in [0.15, 0.2) is 216 Å². The fourth-order valence-corrected chi connectivity index (χ4v) is 8.27. The Labute approximate surface area is 346 Å². The molecule has 8 rings (SSSR count). The van der Waals surface area contributed by atoms with Gasteiger partial charge in [0.15, 0.2) is 0 Å². The Morgan fingerprint density at radius 3 is 1.12 bits per heavy atom. The number of hydrogen-bond acceptors (Lipinski definition) is 6. The minimum atomic E-state index is -3.67. The lowest BCUT2D eigenvalue weighted by molar-refractivity contribution is 0.475. The summed E-state index contributed by atoms with van der Waals surface area (Å²) in [5.41, 5.74) is 9.14. The van der Waals surface area contributed by atoms with Crippen LogP contribution in [0.3, 0.4) is 0 Å². The highest BCUT2D eigenvalue weighted by Gasteiger charge is 2.20. The number of aromatic hydroxyl groups is 1. The molecule has 0 atom stereocenters. The molecule has 0 aromatic heterocycles. The third kappa shape index (κ3) is 8.61. The van der Waals surface area contributed by atoms with E-state index in [0.717, 1.165) is 50.8 Å². The predicted molar refractivity (Wildman–Crippen MR) is 240 cm³/mol. The number of benzene rings is 8. The molecule has 0 aliphatic heterocycles. The predicted octanol–water partition coefficient (Wildman–Crippen LogP) is 13.9. The molecule has 7 heteroatoms. The summed E-state index contributed by atoms with van der Waals surface area (Å²) < 4.78 is 32.9. The molecule has 0 saturated carbocycles. The Kier molecular flexibility index (Phi) is 10.8. The molecule has 0 fully saturated rings. The minimum Gasteiger partial charge on any atom is -0.508 e. The van der Waals surface area contributed by atoms with Crippen molar-refractivity contribution < 1.29 is 18.3 Å². The average Bonchev–Trinajstić information content (AvgIpc) is 3.26. The van der Waals surface area contributed by atoms with Crippen LogP contribution >= 0.6 is 0 Å². The molecule has 292 valence electrons. The quantitative estimate of drug-likeness (QED) is 0.141. The second-order valence-corrected chi connectivity index (χ2v) is 17.2. The number of rotatable bonds is 11. The van der Waals surface area contributed by atoms with E-state index in [-0.39, 0.29) is 21.0 Å². The monoisotopic (exact) mass is 792 g/mol. The van der Waals surface area contributed by atoms with Gasteiger partial charge >= 0.3 is 0 Å². The molecule has 0 saturated heterocycles. The van der Waals surface area contributed by atoms with E-state index < -0.39 is 9.84 Å². The van der Waals surface area contributed by atoms with E-state index in [1.807, 2.05) is 84.9 Å². The van der Waals surface area contributed by atoms with Crippen LogP contribution in [-0.4, -0.2) is 13.5 Å². The van der Waals surface area contributed by atoms with Gasteiger partial charge in [-0.15, -0.1) is 0 Å². The SMILES string of the molecule is CC(C)(C)c1ccc(S(=O)(=O)c2ccc(Oc3ccc(N(c4ccccc4)c4ccc(-c5ccc(N(c6ccccc6)c6ccc(O)cc6)cc5)cc4)cc3)cc2)cc1. The molecule has 59 heavy (non-hydrogen) atoms. The van der Waals surface area contributed by atoms with Crippen LogP contribution in [-0.2, 0) is 15.3 Å². The van der Waals surface area contributed by atoms with Crippen molar-refractivity contribution in [3.05, 3.63) is 212 Å². The van der Waals surface area contributed by atoms with Crippen LogP contribution in [0, 0.1) is 0 Å². The fourth-order valence-electron chi connectivity index (χ4n) is 7.01. The molecule has 6 nitrogen and oxygen atoms in total. The smallest absolute Gasteiger partial charge is 0.206 e. The first-order valence-corrected chi connectivity index (χ1v) is 20.9. The maximum atomic E-state index is 13.4. The minimum absolute atomic E-state index is 0.0646. The van der Waals surface area contributed by atoms with Crippen LogP contribution in [0.25, 0.3) is 11.1 Å². The van der Waals surface area contributed by atoms with Crippen molar-refractivity contribution in [1.82, 2.24) is 0 Å². The first-order chi connectivity index (χ1) is 28.5. The molecule has 0 spiro atoms. The van der Waals surface area contributed by atoms with Gasteiger partial charge in [0.05, 0.1) is 9.79 Å². The van der Waals surface area contributed by atoms with Crippen molar-refractivity contribution in [2.75, 3.05) is 9.80 Å². The van der Waals surface area contributed by atoms with Gasteiger partial charge < -0.3 is 19.6 Å². The summed E-state index contributed by atoms with van der Waals surface area (Å²) in [6.45, 7) is 6.30. The zero-order valence-corrected chi connectivity index (χ0v) is 33.9. The molecule has 0 radical (unpaired) electrons. The van der Waals surface area contributed by atoms with E-state index in [2.05, 4.69) is 103 Å². The maximum absolute atomic E-state index is 13.4. The zero-order valence-electron chi connectivity index (χ0n) is 33.1. The lowest BCUT2D eigenvalue weighted by Gasteiger charge is -2.26. The number of phenols is 1. The second-order valence-electron chi connectivity index (χ2n) is 15.3. The maximum Gasteiger partial charge on any atom is 0.206 e. The summed E-state index contributed by atoms with van der Waals surface area (Å²) in [7, 11) is -3.67. The van der Waals surface area contributed by atoms with Crippen LogP contribution in [0.5, 0.6) is 17.2 Å². The molecule has 0 unspecified atom stereocenters. The van der Waals surface area contributed by atoms with Crippen molar-refractivity contribution in [2.45, 2.75) is 36.0 Å². The first kappa shape index (κ1) is 38.8. The highest BCUT2D eigenvalue weighted by atomic mass is 32.2. The number of ether oxygens (including phenoxy) is 1. The summed E-state index contributed by atoms with van der Waals surface area (Å²) in [5, 5.41) is 9.92. The molecule has 0 heterocycles. The number of para-hydroxylation sites is 2. The van der Waals surface area contributed by atoms with Crippen LogP contribution in [0.1, 0.15) is 26.3 Å². The van der Waals surface area contributed by atoms with Gasteiger partial charge in [-0.1, -0.05) is 93.6 Å².